The standard InChI is InChI=1S/C9H12O3/c1-5(2)6-3-4-7-8(6)12-9(10)11-7/h5-6H,3-4H2,1-2H3. The zero-order valence-electron chi connectivity index (χ0n) is 7.29. The number of rotatable bonds is 1. The largest absolute Gasteiger partial charge is 0.519 e. The quantitative estimate of drug-likeness (QED) is 0.643. The molecule has 0 saturated carbocycles. The van der Waals surface area contributed by atoms with Crippen LogP contribution in [0, 0.1) is 5.92 Å². The van der Waals surface area contributed by atoms with Crippen LogP contribution in [0.25, 0.3) is 0 Å². The molecule has 0 fully saturated rings. The molecule has 0 spiro atoms. The lowest BCUT2D eigenvalue weighted by Gasteiger charge is -2.10. The second-order valence-electron chi connectivity index (χ2n) is 3.63. The van der Waals surface area contributed by atoms with Gasteiger partial charge in [0.25, 0.3) is 0 Å². The molecule has 0 bridgehead atoms. The molecule has 1 aliphatic carbocycles. The summed E-state index contributed by atoms with van der Waals surface area (Å²) in [4.78, 5) is 10.7. The minimum absolute atomic E-state index is 0.381. The molecule has 0 N–H and O–H groups in total. The van der Waals surface area contributed by atoms with E-state index in [-0.39, 0.29) is 0 Å². The van der Waals surface area contributed by atoms with Crippen LogP contribution in [-0.4, -0.2) is 0 Å². The monoisotopic (exact) mass is 168 g/mol. The predicted molar refractivity (Wildman–Crippen MR) is 43.1 cm³/mol. The minimum atomic E-state index is -0.551. The van der Waals surface area contributed by atoms with Gasteiger partial charge in [-0.25, -0.2) is 4.79 Å². The van der Waals surface area contributed by atoms with Crippen LogP contribution in [0.4, 0.5) is 0 Å². The van der Waals surface area contributed by atoms with Crippen molar-refractivity contribution in [2.24, 2.45) is 5.92 Å². The Morgan fingerprint density at radius 2 is 2.17 bits per heavy atom. The smallest absolute Gasteiger partial charge is 0.396 e. The summed E-state index contributed by atoms with van der Waals surface area (Å²) in [5.41, 5.74) is 0. The van der Waals surface area contributed by atoms with Gasteiger partial charge in [-0.15, -0.1) is 0 Å². The van der Waals surface area contributed by atoms with Crippen molar-refractivity contribution in [1.82, 2.24) is 0 Å². The van der Waals surface area contributed by atoms with Gasteiger partial charge in [-0.05, 0) is 12.3 Å². The van der Waals surface area contributed by atoms with E-state index < -0.39 is 5.82 Å². The summed E-state index contributed by atoms with van der Waals surface area (Å²) >= 11 is 0. The first-order chi connectivity index (χ1) is 5.68. The Labute approximate surface area is 70.4 Å². The molecule has 0 amide bonds. The van der Waals surface area contributed by atoms with Gasteiger partial charge in [0, 0.05) is 12.3 Å². The minimum Gasteiger partial charge on any atom is -0.396 e. The first-order valence-electron chi connectivity index (χ1n) is 4.31. The summed E-state index contributed by atoms with van der Waals surface area (Å²) in [7, 11) is 0. The van der Waals surface area contributed by atoms with Gasteiger partial charge >= 0.3 is 5.82 Å². The molecular weight excluding hydrogens is 156 g/mol. The van der Waals surface area contributed by atoms with Crippen molar-refractivity contribution >= 4 is 0 Å². The Kier molecular flexibility index (Phi) is 1.60. The van der Waals surface area contributed by atoms with Crippen LogP contribution in [0.15, 0.2) is 13.6 Å². The summed E-state index contributed by atoms with van der Waals surface area (Å²) < 4.78 is 9.86. The molecule has 1 aliphatic rings. The Morgan fingerprint density at radius 3 is 2.83 bits per heavy atom. The Bertz CT molecular complexity index is 332. The zero-order valence-corrected chi connectivity index (χ0v) is 7.29. The van der Waals surface area contributed by atoms with Crippen molar-refractivity contribution in [2.45, 2.75) is 32.6 Å². The normalized spacial score (nSPS) is 21.8. The van der Waals surface area contributed by atoms with Crippen LogP contribution < -0.4 is 5.82 Å². The Balaban J connectivity index is 2.41. The third-order valence-electron chi connectivity index (χ3n) is 2.50. The molecule has 0 aliphatic heterocycles. The predicted octanol–water partition coefficient (Wildman–Crippen LogP) is 1.92. The Morgan fingerprint density at radius 1 is 1.42 bits per heavy atom. The molecule has 2 rings (SSSR count). The summed E-state index contributed by atoms with van der Waals surface area (Å²) in [5, 5.41) is 0. The van der Waals surface area contributed by atoms with Crippen LogP contribution in [0.5, 0.6) is 0 Å². The van der Waals surface area contributed by atoms with Crippen molar-refractivity contribution in [3.63, 3.8) is 0 Å². The number of hydrogen-bond donors (Lipinski definition) is 0. The van der Waals surface area contributed by atoms with Gasteiger partial charge in [0.1, 0.15) is 5.76 Å². The maximum Gasteiger partial charge on any atom is 0.519 e. The average Bonchev–Trinajstić information content (AvgIpc) is 2.43. The van der Waals surface area contributed by atoms with Crippen molar-refractivity contribution in [2.75, 3.05) is 0 Å². The van der Waals surface area contributed by atoms with E-state index in [1.54, 1.807) is 0 Å². The van der Waals surface area contributed by atoms with Crippen molar-refractivity contribution in [3.05, 3.63) is 22.1 Å². The lowest BCUT2D eigenvalue weighted by atomic mass is 9.95. The van der Waals surface area contributed by atoms with Crippen LogP contribution >= 0.6 is 0 Å². The number of hydrogen-bond acceptors (Lipinski definition) is 3. The van der Waals surface area contributed by atoms with Gasteiger partial charge in [0.05, 0.1) is 0 Å². The van der Waals surface area contributed by atoms with E-state index in [0.29, 0.717) is 11.8 Å². The summed E-state index contributed by atoms with van der Waals surface area (Å²) in [6.07, 6.45) is 1.90. The maximum atomic E-state index is 10.7. The highest BCUT2D eigenvalue weighted by atomic mass is 16.6. The van der Waals surface area contributed by atoms with E-state index in [0.717, 1.165) is 24.4 Å². The van der Waals surface area contributed by atoms with E-state index in [1.807, 2.05) is 0 Å². The Hall–Kier alpha value is -0.990. The first-order valence-corrected chi connectivity index (χ1v) is 4.31. The first kappa shape index (κ1) is 7.65. The van der Waals surface area contributed by atoms with E-state index in [2.05, 4.69) is 13.8 Å². The van der Waals surface area contributed by atoms with Gasteiger partial charge in [0.15, 0.2) is 5.76 Å². The summed E-state index contributed by atoms with van der Waals surface area (Å²) in [6, 6.07) is 0. The second kappa shape index (κ2) is 2.51. The highest BCUT2D eigenvalue weighted by molar-refractivity contribution is 5.17. The van der Waals surface area contributed by atoms with E-state index >= 15 is 0 Å². The van der Waals surface area contributed by atoms with Gasteiger partial charge in [-0.1, -0.05) is 13.8 Å². The highest BCUT2D eigenvalue weighted by Gasteiger charge is 2.31. The SMILES string of the molecule is CC(C)C1CCc2oc(=O)oc21. The zero-order chi connectivity index (χ0) is 8.72. The molecule has 1 aromatic rings. The molecule has 12 heavy (non-hydrogen) atoms. The third kappa shape index (κ3) is 1.00. The average molecular weight is 168 g/mol. The maximum absolute atomic E-state index is 10.7. The van der Waals surface area contributed by atoms with Gasteiger partial charge < -0.3 is 8.83 Å². The third-order valence-corrected chi connectivity index (χ3v) is 2.50. The van der Waals surface area contributed by atoms with Gasteiger partial charge in [0.2, 0.25) is 0 Å². The molecule has 0 saturated heterocycles. The topological polar surface area (TPSA) is 43.4 Å². The molecule has 1 aromatic heterocycles. The summed E-state index contributed by atoms with van der Waals surface area (Å²) in [6.45, 7) is 4.26. The van der Waals surface area contributed by atoms with Crippen LogP contribution in [-0.2, 0) is 6.42 Å². The molecule has 3 nitrogen and oxygen atoms in total. The molecule has 0 aromatic carbocycles. The van der Waals surface area contributed by atoms with Crippen LogP contribution in [0.1, 0.15) is 37.7 Å². The fraction of sp³-hybridized carbons (Fsp3) is 0.667. The molecular formula is C9H12O3. The van der Waals surface area contributed by atoms with Crippen molar-refractivity contribution in [1.29, 1.82) is 0 Å². The molecule has 1 unspecified atom stereocenters. The van der Waals surface area contributed by atoms with Gasteiger partial charge in [-0.2, -0.15) is 0 Å². The molecule has 1 heterocycles. The van der Waals surface area contributed by atoms with E-state index in [9.17, 15) is 4.79 Å². The lowest BCUT2D eigenvalue weighted by molar-refractivity contribution is 0.325. The summed E-state index contributed by atoms with van der Waals surface area (Å²) in [5.74, 6) is 1.90. The number of aryl methyl sites for hydroxylation is 1. The van der Waals surface area contributed by atoms with E-state index in [4.69, 9.17) is 8.83 Å². The fourth-order valence-corrected chi connectivity index (χ4v) is 1.83. The lowest BCUT2D eigenvalue weighted by Crippen LogP contribution is -2.02. The fourth-order valence-electron chi connectivity index (χ4n) is 1.83. The number of fused-ring (bicyclic) bond motifs is 1. The molecule has 66 valence electrons. The molecule has 0 radical (unpaired) electrons. The van der Waals surface area contributed by atoms with Gasteiger partial charge in [-0.3, -0.25) is 0 Å². The molecule has 1 atom stereocenters. The highest BCUT2D eigenvalue weighted by Crippen LogP contribution is 2.37. The van der Waals surface area contributed by atoms with Crippen molar-refractivity contribution < 1.29 is 8.83 Å². The van der Waals surface area contributed by atoms with Crippen LogP contribution in [0.3, 0.4) is 0 Å². The van der Waals surface area contributed by atoms with Crippen molar-refractivity contribution in [3.8, 4) is 0 Å². The van der Waals surface area contributed by atoms with E-state index in [1.165, 1.54) is 0 Å². The van der Waals surface area contributed by atoms with Crippen LogP contribution in [0.2, 0.25) is 0 Å². The molecule has 3 heteroatoms. The second-order valence-corrected chi connectivity index (χ2v) is 3.63.